The van der Waals surface area contributed by atoms with Crippen molar-refractivity contribution in [1.82, 2.24) is 14.5 Å². The molecule has 2 heterocycles. The lowest BCUT2D eigenvalue weighted by Gasteiger charge is -2.14. The number of hydrogen-bond acceptors (Lipinski definition) is 5. The molecule has 1 aromatic rings. The fourth-order valence-corrected chi connectivity index (χ4v) is 3.45. The van der Waals surface area contributed by atoms with E-state index >= 15 is 0 Å². The molecule has 1 aliphatic carbocycles. The largest absolute Gasteiger partial charge is 0.481 e. The Balaban J connectivity index is 1.78. The highest BCUT2D eigenvalue weighted by atomic mass is 32.1. The van der Waals surface area contributed by atoms with Gasteiger partial charge in [-0.2, -0.15) is 0 Å². The first-order chi connectivity index (χ1) is 9.08. The van der Waals surface area contributed by atoms with Crippen molar-refractivity contribution in [3.63, 3.8) is 0 Å². The van der Waals surface area contributed by atoms with Gasteiger partial charge < -0.3 is 10.0 Å². The highest BCUT2D eigenvalue weighted by Crippen LogP contribution is 2.44. The van der Waals surface area contributed by atoms with Crippen LogP contribution in [-0.2, 0) is 4.79 Å². The monoisotopic (exact) mass is 281 g/mol. The first-order valence-corrected chi connectivity index (χ1v) is 7.16. The van der Waals surface area contributed by atoms with E-state index in [0.717, 1.165) is 24.4 Å². The molecule has 1 aliphatic heterocycles. The minimum Gasteiger partial charge on any atom is -0.481 e. The summed E-state index contributed by atoms with van der Waals surface area (Å²) in [5.74, 6) is -0.729. The Morgan fingerprint density at radius 3 is 2.63 bits per heavy atom. The standard InChI is InChI=1S/C12H15N3O3S/c1-6-10(19-14-13-6)11(16)15-4-8(7-2-3-7)9(5-15)12(17)18/h7-9H,2-5H2,1H3,(H,17,18)/t8-,9+/m1/s1. The van der Waals surface area contributed by atoms with Gasteiger partial charge in [-0.15, -0.1) is 5.10 Å². The van der Waals surface area contributed by atoms with Gasteiger partial charge in [0, 0.05) is 13.1 Å². The van der Waals surface area contributed by atoms with Crippen LogP contribution in [0.15, 0.2) is 0 Å². The van der Waals surface area contributed by atoms with Crippen molar-refractivity contribution in [3.8, 4) is 0 Å². The Morgan fingerprint density at radius 1 is 1.37 bits per heavy atom. The number of carbonyl (C=O) groups excluding carboxylic acids is 1. The summed E-state index contributed by atoms with van der Waals surface area (Å²) in [5, 5.41) is 13.1. The zero-order valence-electron chi connectivity index (χ0n) is 10.6. The maximum atomic E-state index is 12.3. The summed E-state index contributed by atoms with van der Waals surface area (Å²) in [6, 6.07) is 0. The van der Waals surface area contributed by atoms with E-state index in [4.69, 9.17) is 0 Å². The van der Waals surface area contributed by atoms with Crippen molar-refractivity contribution in [2.45, 2.75) is 19.8 Å². The van der Waals surface area contributed by atoms with Gasteiger partial charge in [-0.3, -0.25) is 9.59 Å². The predicted molar refractivity (Wildman–Crippen MR) is 67.9 cm³/mol. The number of likely N-dealkylation sites (tertiary alicyclic amines) is 1. The van der Waals surface area contributed by atoms with E-state index in [1.807, 2.05) is 0 Å². The molecule has 1 saturated heterocycles. The van der Waals surface area contributed by atoms with Gasteiger partial charge in [0.25, 0.3) is 5.91 Å². The average Bonchev–Trinajstić information content (AvgIpc) is 2.97. The van der Waals surface area contributed by atoms with Gasteiger partial charge in [-0.05, 0) is 43.1 Å². The summed E-state index contributed by atoms with van der Waals surface area (Å²) in [6.07, 6.45) is 2.19. The Labute approximate surface area is 114 Å². The molecule has 3 rings (SSSR count). The zero-order valence-corrected chi connectivity index (χ0v) is 11.4. The molecule has 0 bridgehead atoms. The van der Waals surface area contributed by atoms with E-state index in [0.29, 0.717) is 29.6 Å². The van der Waals surface area contributed by atoms with Gasteiger partial charge in [-0.1, -0.05) is 4.49 Å². The highest BCUT2D eigenvalue weighted by molar-refractivity contribution is 7.07. The molecule has 2 aliphatic rings. The van der Waals surface area contributed by atoms with Gasteiger partial charge in [0.1, 0.15) is 4.88 Å². The molecule has 0 spiro atoms. The molecular weight excluding hydrogens is 266 g/mol. The van der Waals surface area contributed by atoms with Crippen LogP contribution in [0.2, 0.25) is 0 Å². The number of aliphatic carboxylic acids is 1. The topological polar surface area (TPSA) is 83.4 Å². The van der Waals surface area contributed by atoms with E-state index < -0.39 is 11.9 Å². The third kappa shape index (κ3) is 2.22. The summed E-state index contributed by atoms with van der Waals surface area (Å²) >= 11 is 1.08. The minimum absolute atomic E-state index is 0.114. The second kappa shape index (κ2) is 4.56. The molecule has 1 saturated carbocycles. The van der Waals surface area contributed by atoms with Crippen molar-refractivity contribution < 1.29 is 14.7 Å². The van der Waals surface area contributed by atoms with Crippen LogP contribution in [0, 0.1) is 24.7 Å². The van der Waals surface area contributed by atoms with Crippen molar-refractivity contribution in [3.05, 3.63) is 10.6 Å². The smallest absolute Gasteiger partial charge is 0.308 e. The summed E-state index contributed by atoms with van der Waals surface area (Å²) in [4.78, 5) is 25.8. The van der Waals surface area contributed by atoms with E-state index in [2.05, 4.69) is 9.59 Å². The maximum absolute atomic E-state index is 12.3. The third-order valence-corrected chi connectivity index (χ3v) is 4.86. The number of hydrogen-bond donors (Lipinski definition) is 1. The summed E-state index contributed by atoms with van der Waals surface area (Å²) < 4.78 is 3.76. The van der Waals surface area contributed by atoms with E-state index in [-0.39, 0.29) is 11.8 Å². The molecule has 2 fully saturated rings. The van der Waals surface area contributed by atoms with Gasteiger partial charge in [0.15, 0.2) is 0 Å². The van der Waals surface area contributed by atoms with Gasteiger partial charge in [-0.25, -0.2) is 0 Å². The van der Waals surface area contributed by atoms with Crippen LogP contribution in [0.5, 0.6) is 0 Å². The fraction of sp³-hybridized carbons (Fsp3) is 0.667. The number of carbonyl (C=O) groups is 2. The van der Waals surface area contributed by atoms with Crippen LogP contribution >= 0.6 is 11.5 Å². The van der Waals surface area contributed by atoms with Crippen molar-refractivity contribution in [1.29, 1.82) is 0 Å². The van der Waals surface area contributed by atoms with Gasteiger partial charge in [0.2, 0.25) is 0 Å². The highest BCUT2D eigenvalue weighted by Gasteiger charge is 2.47. The molecule has 19 heavy (non-hydrogen) atoms. The number of aromatic nitrogens is 2. The Kier molecular flexibility index (Phi) is 3.00. The third-order valence-electron chi connectivity index (χ3n) is 4.04. The summed E-state index contributed by atoms with van der Waals surface area (Å²) in [7, 11) is 0. The van der Waals surface area contributed by atoms with E-state index in [1.54, 1.807) is 11.8 Å². The zero-order chi connectivity index (χ0) is 13.6. The van der Waals surface area contributed by atoms with Crippen LogP contribution in [0.25, 0.3) is 0 Å². The van der Waals surface area contributed by atoms with Crippen LogP contribution < -0.4 is 0 Å². The molecule has 0 unspecified atom stereocenters. The lowest BCUT2D eigenvalue weighted by molar-refractivity contribution is -0.142. The molecule has 2 atom stereocenters. The van der Waals surface area contributed by atoms with Gasteiger partial charge >= 0.3 is 5.97 Å². The average molecular weight is 281 g/mol. The number of rotatable bonds is 3. The summed E-state index contributed by atoms with van der Waals surface area (Å²) in [5.41, 5.74) is 0.622. The Hall–Kier alpha value is -1.50. The SMILES string of the molecule is Cc1nnsc1C(=O)N1C[C@H](C(=O)O)[C@@H](C2CC2)C1. The Bertz CT molecular complexity index is 526. The number of nitrogens with zero attached hydrogens (tertiary/aromatic N) is 3. The first kappa shape index (κ1) is 12.5. The van der Waals surface area contributed by atoms with Gasteiger partial charge in [0.05, 0.1) is 11.6 Å². The van der Waals surface area contributed by atoms with Crippen LogP contribution in [-0.4, -0.2) is 44.6 Å². The first-order valence-electron chi connectivity index (χ1n) is 6.39. The fourth-order valence-electron chi connectivity index (χ4n) is 2.83. The lowest BCUT2D eigenvalue weighted by Crippen LogP contribution is -2.29. The molecule has 6 nitrogen and oxygen atoms in total. The molecule has 102 valence electrons. The molecule has 1 aromatic heterocycles. The molecular formula is C12H15N3O3S. The van der Waals surface area contributed by atoms with Crippen molar-refractivity contribution in [2.75, 3.05) is 13.1 Å². The van der Waals surface area contributed by atoms with E-state index in [9.17, 15) is 14.7 Å². The summed E-state index contributed by atoms with van der Waals surface area (Å²) in [6.45, 7) is 2.62. The van der Waals surface area contributed by atoms with E-state index in [1.165, 1.54) is 0 Å². The van der Waals surface area contributed by atoms with Crippen LogP contribution in [0.1, 0.15) is 28.2 Å². The normalized spacial score (nSPS) is 26.7. The minimum atomic E-state index is -0.786. The Morgan fingerprint density at radius 2 is 2.11 bits per heavy atom. The van der Waals surface area contributed by atoms with Crippen molar-refractivity contribution >= 4 is 23.4 Å². The number of aryl methyl sites for hydroxylation is 1. The maximum Gasteiger partial charge on any atom is 0.308 e. The molecule has 0 aromatic carbocycles. The number of amides is 1. The number of carboxylic acid groups (broad SMARTS) is 1. The van der Waals surface area contributed by atoms with Crippen LogP contribution in [0.3, 0.4) is 0 Å². The molecule has 7 heteroatoms. The second-order valence-corrected chi connectivity index (χ2v) is 6.10. The quantitative estimate of drug-likeness (QED) is 0.894. The number of carboxylic acids is 1. The van der Waals surface area contributed by atoms with Crippen molar-refractivity contribution in [2.24, 2.45) is 17.8 Å². The second-order valence-electron chi connectivity index (χ2n) is 5.34. The predicted octanol–water partition coefficient (Wildman–Crippen LogP) is 1.03. The van der Waals surface area contributed by atoms with Crippen LogP contribution in [0.4, 0.5) is 0 Å². The lowest BCUT2D eigenvalue weighted by atomic mass is 9.92. The molecule has 0 radical (unpaired) electrons. The molecule has 1 N–H and O–H groups in total. The molecule has 1 amide bonds.